The zero-order chi connectivity index (χ0) is 8.97. The van der Waals surface area contributed by atoms with E-state index in [1.54, 1.807) is 6.08 Å². The molecule has 0 heterocycles. The van der Waals surface area contributed by atoms with E-state index in [0.29, 0.717) is 0 Å². The lowest BCUT2D eigenvalue weighted by Gasteiger charge is -1.93. The summed E-state index contributed by atoms with van der Waals surface area (Å²) in [5.74, 6) is 0.0792. The topological polar surface area (TPSA) is 20.2 Å². The molecule has 1 aromatic carbocycles. The third-order valence-electron chi connectivity index (χ3n) is 1.55. The molecule has 1 N–H and O–H groups in total. The lowest BCUT2D eigenvalue weighted by atomic mass is 10.1. The second kappa shape index (κ2) is 3.77. The summed E-state index contributed by atoms with van der Waals surface area (Å²) in [4.78, 5) is 0. The van der Waals surface area contributed by atoms with Crippen molar-refractivity contribution in [2.24, 2.45) is 0 Å². The van der Waals surface area contributed by atoms with Crippen LogP contribution in [0.15, 0.2) is 42.7 Å². The number of allylic oxidation sites excluding steroid dienone is 1. The van der Waals surface area contributed by atoms with Gasteiger partial charge in [-0.25, -0.2) is 0 Å². The van der Waals surface area contributed by atoms with Gasteiger partial charge in [0.2, 0.25) is 0 Å². The Morgan fingerprint density at radius 3 is 2.42 bits per heavy atom. The minimum Gasteiger partial charge on any atom is -0.509 e. The highest BCUT2D eigenvalue weighted by Crippen LogP contribution is 2.05. The lowest BCUT2D eigenvalue weighted by Crippen LogP contribution is -1.74. The van der Waals surface area contributed by atoms with Gasteiger partial charge in [0.25, 0.3) is 0 Å². The van der Waals surface area contributed by atoms with Gasteiger partial charge in [0.05, 0.1) is 0 Å². The molecule has 62 valence electrons. The van der Waals surface area contributed by atoms with Crippen LogP contribution in [0.2, 0.25) is 0 Å². The van der Waals surface area contributed by atoms with Gasteiger partial charge in [-0.1, -0.05) is 42.5 Å². The smallest absolute Gasteiger partial charge is 0.108 e. The molecule has 0 aliphatic heterocycles. The monoisotopic (exact) mass is 160 g/mol. The Bertz CT molecular complexity index is 293. The largest absolute Gasteiger partial charge is 0.509 e. The number of hydrogen-bond donors (Lipinski definition) is 1. The molecule has 1 aromatic rings. The van der Waals surface area contributed by atoms with Gasteiger partial charge in [0.15, 0.2) is 0 Å². The van der Waals surface area contributed by atoms with Gasteiger partial charge in [-0.05, 0) is 18.6 Å². The molecule has 0 radical (unpaired) electrons. The number of hydrogen-bond acceptors (Lipinski definition) is 1. The summed E-state index contributed by atoms with van der Waals surface area (Å²) < 4.78 is 0. The Balaban J connectivity index is 2.77. The summed E-state index contributed by atoms with van der Waals surface area (Å²) in [5.41, 5.74) is 2.30. The summed E-state index contributed by atoms with van der Waals surface area (Å²) in [7, 11) is 0. The number of benzene rings is 1. The summed E-state index contributed by atoms with van der Waals surface area (Å²) in [6.45, 7) is 5.40. The van der Waals surface area contributed by atoms with Gasteiger partial charge >= 0.3 is 0 Å². The minimum absolute atomic E-state index is 0.0792. The van der Waals surface area contributed by atoms with Crippen LogP contribution < -0.4 is 0 Å². The number of aliphatic hydroxyl groups excluding tert-OH is 1. The van der Waals surface area contributed by atoms with Crippen molar-refractivity contribution in [3.8, 4) is 0 Å². The fourth-order valence-electron chi connectivity index (χ4n) is 0.870. The van der Waals surface area contributed by atoms with Crippen molar-refractivity contribution in [2.75, 3.05) is 0 Å². The Kier molecular flexibility index (Phi) is 2.70. The van der Waals surface area contributed by atoms with Crippen LogP contribution in [0.3, 0.4) is 0 Å². The van der Waals surface area contributed by atoms with E-state index in [4.69, 9.17) is 5.11 Å². The Hall–Kier alpha value is -1.50. The average Bonchev–Trinajstić information content (AvgIpc) is 2.03. The first-order valence-electron chi connectivity index (χ1n) is 3.81. The van der Waals surface area contributed by atoms with Crippen LogP contribution in [0.4, 0.5) is 0 Å². The molecule has 0 saturated heterocycles. The van der Waals surface area contributed by atoms with Crippen molar-refractivity contribution in [3.63, 3.8) is 0 Å². The number of aryl methyl sites for hydroxylation is 1. The molecule has 0 bridgehead atoms. The quantitative estimate of drug-likeness (QED) is 0.520. The van der Waals surface area contributed by atoms with Crippen molar-refractivity contribution in [2.45, 2.75) is 6.92 Å². The van der Waals surface area contributed by atoms with Crippen molar-refractivity contribution >= 4 is 6.08 Å². The third-order valence-corrected chi connectivity index (χ3v) is 1.55. The predicted molar refractivity (Wildman–Crippen MR) is 52.0 cm³/mol. The maximum atomic E-state index is 8.79. The van der Waals surface area contributed by atoms with Crippen LogP contribution in [0.1, 0.15) is 11.1 Å². The fourth-order valence-corrected chi connectivity index (χ4v) is 0.870. The zero-order valence-corrected chi connectivity index (χ0v) is 7.12. The molecule has 0 atom stereocenters. The second-order valence-corrected chi connectivity index (χ2v) is 2.74. The first-order valence-corrected chi connectivity index (χ1v) is 3.81. The van der Waals surface area contributed by atoms with E-state index < -0.39 is 0 Å². The van der Waals surface area contributed by atoms with Gasteiger partial charge in [-0.15, -0.1) is 0 Å². The van der Waals surface area contributed by atoms with Gasteiger partial charge in [0.1, 0.15) is 5.76 Å². The van der Waals surface area contributed by atoms with Crippen molar-refractivity contribution in [1.82, 2.24) is 0 Å². The Morgan fingerprint density at radius 1 is 1.33 bits per heavy atom. The maximum absolute atomic E-state index is 8.79. The maximum Gasteiger partial charge on any atom is 0.108 e. The lowest BCUT2D eigenvalue weighted by molar-refractivity contribution is 0.436. The van der Waals surface area contributed by atoms with Gasteiger partial charge in [0, 0.05) is 0 Å². The number of aliphatic hydroxyl groups is 1. The van der Waals surface area contributed by atoms with Gasteiger partial charge < -0.3 is 5.11 Å². The van der Waals surface area contributed by atoms with Crippen LogP contribution in [-0.4, -0.2) is 5.11 Å². The van der Waals surface area contributed by atoms with Crippen LogP contribution in [0.5, 0.6) is 0 Å². The molecule has 1 nitrogen and oxygen atoms in total. The standard InChI is InChI=1S/C11H12O/c1-9-3-6-11(7-4-9)8-5-10(2)12/h3-8,12H,2H2,1H3/b8-5+. The van der Waals surface area contributed by atoms with E-state index in [9.17, 15) is 0 Å². The van der Waals surface area contributed by atoms with Crippen LogP contribution >= 0.6 is 0 Å². The third kappa shape index (κ3) is 2.62. The Labute approximate surface area is 72.7 Å². The summed E-state index contributed by atoms with van der Waals surface area (Å²) in [5, 5.41) is 8.79. The molecule has 0 aliphatic carbocycles. The molecule has 0 unspecified atom stereocenters. The highest BCUT2D eigenvalue weighted by Gasteiger charge is 1.85. The van der Waals surface area contributed by atoms with E-state index in [-0.39, 0.29) is 5.76 Å². The van der Waals surface area contributed by atoms with E-state index >= 15 is 0 Å². The average molecular weight is 160 g/mol. The molecule has 0 aliphatic rings. The molecule has 0 spiro atoms. The number of rotatable bonds is 2. The van der Waals surface area contributed by atoms with Crippen LogP contribution in [0.25, 0.3) is 6.08 Å². The highest BCUT2D eigenvalue weighted by molar-refractivity contribution is 5.51. The molecule has 0 saturated carbocycles. The van der Waals surface area contributed by atoms with Gasteiger partial charge in [-0.2, -0.15) is 0 Å². The first kappa shape index (κ1) is 8.60. The zero-order valence-electron chi connectivity index (χ0n) is 7.12. The molecule has 0 amide bonds. The molecular weight excluding hydrogens is 148 g/mol. The van der Waals surface area contributed by atoms with Crippen molar-refractivity contribution in [3.05, 3.63) is 53.8 Å². The normalized spacial score (nSPS) is 10.4. The first-order chi connectivity index (χ1) is 5.68. The van der Waals surface area contributed by atoms with Gasteiger partial charge in [-0.3, -0.25) is 0 Å². The van der Waals surface area contributed by atoms with E-state index in [0.717, 1.165) is 5.56 Å². The van der Waals surface area contributed by atoms with Crippen LogP contribution in [-0.2, 0) is 0 Å². The van der Waals surface area contributed by atoms with E-state index in [1.807, 2.05) is 37.3 Å². The molecular formula is C11H12O. The molecule has 0 aromatic heterocycles. The van der Waals surface area contributed by atoms with E-state index in [1.165, 1.54) is 5.56 Å². The minimum atomic E-state index is 0.0792. The summed E-state index contributed by atoms with van der Waals surface area (Å²) in [6.07, 6.45) is 3.40. The van der Waals surface area contributed by atoms with Crippen LogP contribution in [0, 0.1) is 6.92 Å². The fraction of sp³-hybridized carbons (Fsp3) is 0.0909. The second-order valence-electron chi connectivity index (χ2n) is 2.74. The summed E-state index contributed by atoms with van der Waals surface area (Å²) in [6, 6.07) is 8.04. The highest BCUT2D eigenvalue weighted by atomic mass is 16.3. The molecule has 12 heavy (non-hydrogen) atoms. The predicted octanol–water partition coefficient (Wildman–Crippen LogP) is 3.08. The Morgan fingerprint density at radius 2 is 1.92 bits per heavy atom. The SMILES string of the molecule is C=C(O)/C=C/c1ccc(C)cc1. The van der Waals surface area contributed by atoms with Crippen molar-refractivity contribution < 1.29 is 5.11 Å². The molecule has 1 heteroatoms. The van der Waals surface area contributed by atoms with E-state index in [2.05, 4.69) is 6.58 Å². The molecule has 1 rings (SSSR count). The summed E-state index contributed by atoms with van der Waals surface area (Å²) >= 11 is 0. The van der Waals surface area contributed by atoms with Crippen molar-refractivity contribution in [1.29, 1.82) is 0 Å². The molecule has 0 fully saturated rings.